The van der Waals surface area contributed by atoms with Crippen molar-refractivity contribution in [3.63, 3.8) is 0 Å². The highest BCUT2D eigenvalue weighted by Gasteiger charge is 2.55. The topological polar surface area (TPSA) is 411 Å². The lowest BCUT2D eigenvalue weighted by molar-refractivity contribution is 0.154. The van der Waals surface area contributed by atoms with Gasteiger partial charge in [-0.3, -0.25) is 9.76 Å². The van der Waals surface area contributed by atoms with Crippen LogP contribution in [0, 0.1) is 0 Å². The van der Waals surface area contributed by atoms with Crippen LogP contribution in [0.2, 0.25) is 0 Å². The number of nitrogens with zero attached hydrogens (tertiary/aromatic N) is 26. The number of halogens is 38. The van der Waals surface area contributed by atoms with Crippen molar-refractivity contribution >= 4 is 203 Å². The molecule has 7 aliphatic rings. The van der Waals surface area contributed by atoms with Gasteiger partial charge < -0.3 is 19.3 Å². The Balaban J connectivity index is 0.000000695. The quantitative estimate of drug-likeness (QED) is 0.0728. The van der Waals surface area contributed by atoms with Crippen LogP contribution in [0.4, 0.5) is 179 Å². The first kappa shape index (κ1) is 117. The van der Waals surface area contributed by atoms with Crippen molar-refractivity contribution in [3.05, 3.63) is 0 Å². The van der Waals surface area contributed by atoms with E-state index in [1.807, 2.05) is 29.5 Å². The highest BCUT2D eigenvalue weighted by atomic mass is 31.3. The molecular formula is C22H53F38N30O6P23+2. The third-order valence-corrected chi connectivity index (χ3v) is 56.4. The summed E-state index contributed by atoms with van der Waals surface area (Å²) >= 11 is 0. The van der Waals surface area contributed by atoms with Crippen molar-refractivity contribution < 1.29 is 188 Å². The van der Waals surface area contributed by atoms with Gasteiger partial charge in [-0.05, 0) is 18.3 Å². The second kappa shape index (κ2) is 41.6. The number of nitrogens with one attached hydrogen (secondary N) is 4. The smallest absolute Gasteiger partial charge is 0.453 e. The molecule has 0 aromatic heterocycles. The summed E-state index contributed by atoms with van der Waals surface area (Å²) < 4.78 is 542. The van der Waals surface area contributed by atoms with Crippen LogP contribution in [0.15, 0.2) is 94.8 Å². The predicted octanol–water partition coefficient (Wildman–Crippen LogP) is 40.8. The molecule has 7 aliphatic heterocycles. The summed E-state index contributed by atoms with van der Waals surface area (Å²) in [5.74, 6) is 0. The van der Waals surface area contributed by atoms with Crippen LogP contribution < -0.4 is 19.9 Å². The molecule has 0 saturated carbocycles. The van der Waals surface area contributed by atoms with Gasteiger partial charge in [-0.25, -0.2) is 33.6 Å². The maximum Gasteiger partial charge on any atom is 0.653 e. The van der Waals surface area contributed by atoms with Crippen molar-refractivity contribution in [3.8, 4) is 0 Å². The number of hydrogen-bond donors (Lipinski definition) is 4. The van der Waals surface area contributed by atoms with Crippen molar-refractivity contribution in [2.45, 2.75) is 32.6 Å². The molecule has 7 unspecified atom stereocenters. The third-order valence-electron chi connectivity index (χ3n) is 10.0. The number of ether oxygens (including phenoxy) is 2. The molecule has 7 atom stereocenters. The minimum atomic E-state index is -6.60. The molecule has 0 spiro atoms. The first-order valence-corrected chi connectivity index (χ1v) is 63.9. The van der Waals surface area contributed by atoms with E-state index in [1.54, 1.807) is 38.1 Å². The van der Waals surface area contributed by atoms with Crippen LogP contribution in [-0.2, 0) is 9.47 Å². The first-order valence-electron chi connectivity index (χ1n) is 27.7. The molecule has 0 aromatic carbocycles. The third kappa shape index (κ3) is 43.1. The largest absolute Gasteiger partial charge is 0.653 e. The number of amides is 6. The molecule has 706 valence electrons. The molecule has 119 heavy (non-hydrogen) atoms. The molecule has 0 aliphatic carbocycles. The number of rotatable bonds is 14. The fourth-order valence-corrected chi connectivity index (χ4v) is 50.8. The Kier molecular flexibility index (Phi) is 40.9. The Morgan fingerprint density at radius 2 is 0.580 bits per heavy atom. The van der Waals surface area contributed by atoms with Crippen molar-refractivity contribution in [2.75, 3.05) is 90.1 Å². The normalized spacial score (nSPS) is 30.0. The Bertz CT molecular complexity index is 5030. The molecule has 36 nitrogen and oxygen atoms in total. The van der Waals surface area contributed by atoms with Gasteiger partial charge in [-0.15, -0.1) is 217 Å². The van der Waals surface area contributed by atoms with Gasteiger partial charge in [-0.1, -0.05) is 26.2 Å². The van der Waals surface area contributed by atoms with E-state index < -0.39 is 203 Å². The van der Waals surface area contributed by atoms with Crippen LogP contribution in [0.25, 0.3) is 0 Å². The van der Waals surface area contributed by atoms with Gasteiger partial charge in [0.25, 0.3) is 0 Å². The molecular weight excluding hydrogens is 2210 g/mol. The lowest BCUT2D eigenvalue weighted by Gasteiger charge is -2.27. The van der Waals surface area contributed by atoms with Crippen LogP contribution in [-0.4, -0.2) is 138 Å². The van der Waals surface area contributed by atoms with Crippen LogP contribution >= 0.6 is 179 Å². The standard InChI is InChI=1S/C7H16F5N4P3.C4H9F5N5OP3.C3H7F5N5OP3.C3H6F5N4O2P3.C3H10F5N4P4.C2H4F5N4O2P3.F8HN4P4/c1-3-4-5-6-7-16(2)19(12)14-17(8,9)13-18(10,11)15-19;1-13(2)4(15)14(3)18(9)11-16(5,6)10-17(7,8)12-18;1-13(2)3(14)9-17(8)11-15(4,5)10-16(6,7)12-17;1-12(3(13)14-2)17(8)10-15(4,5)9-16(6,7)11-17;1-13(2,3)9-16(8)11-14(4,5)10-15(6,7)12-16;1-13-2(12)8-16(7)10-14(3,4)9-15(5,6)11-16;1-13(2,3)9-16(8)11-14(4,5)10-15(6,7)12-16/h3-7H2,1-2H3;1-3H3;1-2H3,(H,9,14);1-2H3;9H,1-3H3;1H3,(H,8,12);9H/q;;;;+1;;+1. The van der Waals surface area contributed by atoms with Crippen LogP contribution in [0.3, 0.4) is 0 Å². The maximum absolute atomic E-state index is 14.2. The maximum atomic E-state index is 14.2. The molecule has 0 bridgehead atoms. The first-order chi connectivity index (χ1) is 52.2. The van der Waals surface area contributed by atoms with Gasteiger partial charge in [0, 0.05) is 61.4 Å². The number of methoxy groups -OCH3 is 2. The monoisotopic (exact) mass is 2270 g/mol. The van der Waals surface area contributed by atoms with Gasteiger partial charge in [0.1, 0.15) is 0 Å². The van der Waals surface area contributed by atoms with Gasteiger partial charge >= 0.3 is 196 Å². The average molecular weight is 2270 g/mol. The van der Waals surface area contributed by atoms with Crippen molar-refractivity contribution in [1.29, 1.82) is 0 Å². The fraction of sp³-hybridized carbons (Fsp3) is 0.818. The highest BCUT2D eigenvalue weighted by Crippen LogP contribution is 2.89. The zero-order chi connectivity index (χ0) is 94.3. The van der Waals surface area contributed by atoms with E-state index in [1.165, 1.54) is 33.3 Å². The molecule has 7 heterocycles. The summed E-state index contributed by atoms with van der Waals surface area (Å²) in [7, 11) is -116. The van der Waals surface area contributed by atoms with E-state index in [9.17, 15) is 179 Å². The molecule has 0 aromatic rings. The Morgan fingerprint density at radius 1 is 0.311 bits per heavy atom. The van der Waals surface area contributed by atoms with Gasteiger partial charge in [0.05, 0.1) is 41.6 Å². The van der Waals surface area contributed by atoms with E-state index in [0.717, 1.165) is 67.1 Å². The van der Waals surface area contributed by atoms with Crippen LogP contribution in [0.1, 0.15) is 32.6 Å². The molecule has 0 saturated heterocycles. The highest BCUT2D eigenvalue weighted by molar-refractivity contribution is 7.87. The number of carbonyl (C=O) groups excluding carboxylic acids is 4. The van der Waals surface area contributed by atoms with Crippen molar-refractivity contribution in [1.82, 2.24) is 43.7 Å². The summed E-state index contributed by atoms with van der Waals surface area (Å²) in [5, 5.41) is 2.48. The van der Waals surface area contributed by atoms with E-state index in [4.69, 9.17) is 0 Å². The molecule has 7 rings (SSSR count). The van der Waals surface area contributed by atoms with E-state index in [0.29, 0.717) is 13.5 Å². The average Bonchev–Trinajstić information content (AvgIpc) is 0.773. The summed E-state index contributed by atoms with van der Waals surface area (Å²) in [6.45, 7) is 6.73. The molecule has 6 amide bonds. The van der Waals surface area contributed by atoms with E-state index in [-0.39, 0.29) is 20.7 Å². The number of unbranched alkanes of at least 4 members (excludes halogenated alkanes) is 3. The van der Waals surface area contributed by atoms with E-state index in [2.05, 4.69) is 68.5 Å². The fourth-order valence-electron chi connectivity index (χ4n) is 6.23. The summed E-state index contributed by atoms with van der Waals surface area (Å²) in [6, 6.07) is -2.25. The zero-order valence-electron chi connectivity index (χ0n) is 59.3. The molecule has 0 fully saturated rings. The summed E-state index contributed by atoms with van der Waals surface area (Å²) in [4.78, 5) is 47.7. The minimum Gasteiger partial charge on any atom is -0.453 e. The van der Waals surface area contributed by atoms with Gasteiger partial charge in [-0.2, -0.15) is 29.4 Å². The Labute approximate surface area is 650 Å². The van der Waals surface area contributed by atoms with Gasteiger partial charge in [0.15, 0.2) is 0 Å². The van der Waals surface area contributed by atoms with Gasteiger partial charge in [0.2, 0.25) is 0 Å². The second-order valence-electron chi connectivity index (χ2n) is 21.6. The number of carbonyl (C=O) groups is 4. The predicted molar refractivity (Wildman–Crippen MR) is 398 cm³/mol. The molecule has 4 N–H and O–H groups in total. The van der Waals surface area contributed by atoms with Crippen LogP contribution in [0.5, 0.6) is 0 Å². The minimum absolute atomic E-state index is 0.0799. The summed E-state index contributed by atoms with van der Waals surface area (Å²) in [5.41, 5.74) is 0. The zero-order valence-corrected chi connectivity index (χ0v) is 79.8. The molecule has 0 radical (unpaired) electrons. The SMILES string of the molecule is CCCCCCN(C)P1(F)=NP(F)(F)=NP(F)(F)=N1.CN(C)C(=O)N(C)P1(F)=NP(F)(F)=NP(F)(F)=N1.CN(C)C(=O)NP1(F)=NP(F)(F)=NP(F)(F)=N1.COC(=O)N(C)P1(F)=NP(F)(F)=NP(F)(F)=N1.COC(=O)NP1(F)=NP(F)(F)=NP(F)(F)=N1.C[P+](C)(C)NP1(F)=NP(F)(F)=NP(F)(F)=N1.FP1(F)=NP(F)(F)=NP(F)(N[P+](F)(F)F)=N1. The second-order valence-corrected chi connectivity index (χ2v) is 65.4. The van der Waals surface area contributed by atoms with E-state index >= 15 is 0 Å². The lowest BCUT2D eigenvalue weighted by atomic mass is 10.2. The Morgan fingerprint density at radius 3 is 0.857 bits per heavy atom. The Hall–Kier alpha value is -0.0100. The molecule has 97 heteroatoms. The number of hydrogen-bond acceptors (Lipinski definition) is 30. The lowest BCUT2D eigenvalue weighted by Crippen LogP contribution is -2.33. The number of urea groups is 2. The summed E-state index contributed by atoms with van der Waals surface area (Å²) in [6.07, 6.45) is 0.261. The van der Waals surface area contributed by atoms with Crippen molar-refractivity contribution in [2.24, 2.45) is 94.8 Å².